The number of halogens is 1. The van der Waals surface area contributed by atoms with Crippen LogP contribution in [-0.4, -0.2) is 24.2 Å². The molecule has 0 aliphatic heterocycles. The molecule has 0 amide bonds. The number of benzene rings is 1. The fraction of sp³-hybridized carbons (Fsp3) is 0.364. The first-order valence-corrected chi connectivity index (χ1v) is 5.29. The molecule has 0 unspecified atom stereocenters. The van der Waals surface area contributed by atoms with Crippen LogP contribution in [0.1, 0.15) is 13.3 Å². The number of aliphatic carboxylic acids is 1. The number of carboxylic acid groups (broad SMARTS) is 1. The maximum Gasteiger partial charge on any atom is 0.326 e. The van der Waals surface area contributed by atoms with Crippen LogP contribution >= 0.6 is 11.6 Å². The molecular weight excluding hydrogens is 230 g/mol. The maximum absolute atomic E-state index is 10.8. The molecule has 1 rings (SSSR count). The second-order valence-corrected chi connectivity index (χ2v) is 3.70. The molecule has 88 valence electrons. The van der Waals surface area contributed by atoms with E-state index >= 15 is 0 Å². The topological polar surface area (TPSA) is 58.6 Å². The fourth-order valence-corrected chi connectivity index (χ4v) is 1.55. The summed E-state index contributed by atoms with van der Waals surface area (Å²) in [7, 11) is 1.53. The third-order valence-corrected chi connectivity index (χ3v) is 2.49. The fourth-order valence-electron chi connectivity index (χ4n) is 1.30. The Kier molecular flexibility index (Phi) is 4.43. The van der Waals surface area contributed by atoms with E-state index < -0.39 is 12.0 Å². The van der Waals surface area contributed by atoms with Crippen LogP contribution in [0.25, 0.3) is 0 Å². The van der Waals surface area contributed by atoms with Crippen molar-refractivity contribution in [2.75, 3.05) is 12.4 Å². The summed E-state index contributed by atoms with van der Waals surface area (Å²) >= 11 is 5.92. The van der Waals surface area contributed by atoms with Crippen LogP contribution in [0, 0.1) is 0 Å². The molecule has 0 saturated heterocycles. The van der Waals surface area contributed by atoms with E-state index in [1.807, 2.05) is 0 Å². The van der Waals surface area contributed by atoms with E-state index in [9.17, 15) is 4.79 Å². The molecule has 0 aliphatic carbocycles. The molecule has 0 saturated carbocycles. The normalized spacial score (nSPS) is 11.9. The first kappa shape index (κ1) is 12.6. The van der Waals surface area contributed by atoms with Gasteiger partial charge in [0.25, 0.3) is 0 Å². The third-order valence-electron chi connectivity index (χ3n) is 2.20. The third kappa shape index (κ3) is 3.03. The monoisotopic (exact) mass is 243 g/mol. The molecule has 0 bridgehead atoms. The van der Waals surface area contributed by atoms with Crippen LogP contribution in [0.15, 0.2) is 18.2 Å². The van der Waals surface area contributed by atoms with E-state index in [2.05, 4.69) is 5.32 Å². The van der Waals surface area contributed by atoms with Gasteiger partial charge in [0, 0.05) is 5.69 Å². The molecule has 1 aromatic rings. The highest BCUT2D eigenvalue weighted by Gasteiger charge is 2.14. The number of rotatable bonds is 5. The second kappa shape index (κ2) is 5.61. The number of ether oxygens (including phenoxy) is 1. The Hall–Kier alpha value is -1.42. The van der Waals surface area contributed by atoms with Crippen molar-refractivity contribution in [2.45, 2.75) is 19.4 Å². The molecule has 4 nitrogen and oxygen atoms in total. The van der Waals surface area contributed by atoms with Crippen molar-refractivity contribution in [2.24, 2.45) is 0 Å². The van der Waals surface area contributed by atoms with Crippen LogP contribution in [-0.2, 0) is 4.79 Å². The quantitative estimate of drug-likeness (QED) is 0.835. The summed E-state index contributed by atoms with van der Waals surface area (Å²) < 4.78 is 5.00. The summed E-state index contributed by atoms with van der Waals surface area (Å²) in [5, 5.41) is 12.2. The summed E-state index contributed by atoms with van der Waals surface area (Å²) in [5.41, 5.74) is 0.667. The van der Waals surface area contributed by atoms with Gasteiger partial charge in [-0.15, -0.1) is 0 Å². The number of carboxylic acids is 1. The lowest BCUT2D eigenvalue weighted by atomic mass is 10.2. The molecular formula is C11H14ClNO3. The van der Waals surface area contributed by atoms with Gasteiger partial charge in [-0.25, -0.2) is 4.79 Å². The van der Waals surface area contributed by atoms with Crippen molar-refractivity contribution in [3.63, 3.8) is 0 Å². The molecule has 16 heavy (non-hydrogen) atoms. The number of carbonyl (C=O) groups is 1. The zero-order valence-corrected chi connectivity index (χ0v) is 9.91. The van der Waals surface area contributed by atoms with Crippen molar-refractivity contribution in [3.05, 3.63) is 23.2 Å². The minimum absolute atomic E-state index is 0.452. The highest BCUT2D eigenvalue weighted by Crippen LogP contribution is 2.27. The molecule has 1 atom stereocenters. The lowest BCUT2D eigenvalue weighted by molar-refractivity contribution is -0.137. The molecule has 0 aromatic heterocycles. The number of nitrogens with one attached hydrogen (secondary N) is 1. The highest BCUT2D eigenvalue weighted by molar-refractivity contribution is 6.32. The van der Waals surface area contributed by atoms with Crippen molar-refractivity contribution in [1.82, 2.24) is 0 Å². The average molecular weight is 244 g/mol. The summed E-state index contributed by atoms with van der Waals surface area (Å²) in [6.07, 6.45) is 0.499. The molecule has 5 heteroatoms. The van der Waals surface area contributed by atoms with Crippen LogP contribution < -0.4 is 10.1 Å². The molecule has 0 heterocycles. The zero-order valence-electron chi connectivity index (χ0n) is 9.16. The number of anilines is 1. The summed E-state index contributed by atoms with van der Waals surface area (Å²) in [6, 6.07) is 4.46. The van der Waals surface area contributed by atoms with Gasteiger partial charge in [-0.3, -0.25) is 0 Å². The van der Waals surface area contributed by atoms with Crippen molar-refractivity contribution in [1.29, 1.82) is 0 Å². The van der Waals surface area contributed by atoms with Gasteiger partial charge in [-0.2, -0.15) is 0 Å². The Labute approximate surface area is 99.2 Å². The van der Waals surface area contributed by atoms with Gasteiger partial charge in [0.1, 0.15) is 11.8 Å². The first-order valence-electron chi connectivity index (χ1n) is 4.91. The number of hydrogen-bond donors (Lipinski definition) is 2. The van der Waals surface area contributed by atoms with Gasteiger partial charge in [-0.1, -0.05) is 18.5 Å². The van der Waals surface area contributed by atoms with E-state index in [1.54, 1.807) is 25.1 Å². The summed E-state index contributed by atoms with van der Waals surface area (Å²) in [4.78, 5) is 10.8. The molecule has 0 spiro atoms. The Morgan fingerprint density at radius 2 is 2.31 bits per heavy atom. The molecule has 0 radical (unpaired) electrons. The minimum Gasteiger partial charge on any atom is -0.495 e. The second-order valence-electron chi connectivity index (χ2n) is 3.29. The van der Waals surface area contributed by atoms with Crippen LogP contribution in [0.3, 0.4) is 0 Å². The minimum atomic E-state index is -0.880. The van der Waals surface area contributed by atoms with Crippen LogP contribution in [0.2, 0.25) is 5.02 Å². The Balaban J connectivity index is 2.81. The van der Waals surface area contributed by atoms with Crippen molar-refractivity contribution >= 4 is 23.3 Å². The average Bonchev–Trinajstić information content (AvgIpc) is 2.25. The van der Waals surface area contributed by atoms with E-state index in [4.69, 9.17) is 21.4 Å². The van der Waals surface area contributed by atoms with Gasteiger partial charge in [0.2, 0.25) is 0 Å². The lowest BCUT2D eigenvalue weighted by Crippen LogP contribution is -2.28. The zero-order chi connectivity index (χ0) is 12.1. The molecule has 2 N–H and O–H groups in total. The summed E-state index contributed by atoms with van der Waals surface area (Å²) in [5.74, 6) is -0.315. The number of methoxy groups -OCH3 is 1. The van der Waals surface area contributed by atoms with Crippen molar-refractivity contribution in [3.8, 4) is 5.75 Å². The van der Waals surface area contributed by atoms with E-state index in [0.717, 1.165) is 0 Å². The lowest BCUT2D eigenvalue weighted by Gasteiger charge is -2.14. The Bertz CT molecular complexity index is 381. The number of hydrogen-bond acceptors (Lipinski definition) is 3. The standard InChI is InChI=1S/C11H14ClNO3/c1-3-9(11(14)15)13-7-4-5-10(16-2)8(12)6-7/h4-6,9,13H,3H2,1-2H3,(H,14,15)/t9-/m1/s1. The van der Waals surface area contributed by atoms with Crippen LogP contribution in [0.5, 0.6) is 5.75 Å². The maximum atomic E-state index is 10.8. The molecule has 0 aliphatic rings. The van der Waals surface area contributed by atoms with Crippen molar-refractivity contribution < 1.29 is 14.6 Å². The SMILES string of the molecule is CC[C@@H](Nc1ccc(OC)c(Cl)c1)C(=O)O. The van der Waals surface area contributed by atoms with Gasteiger partial charge >= 0.3 is 5.97 Å². The van der Waals surface area contributed by atoms with E-state index in [-0.39, 0.29) is 0 Å². The molecule has 0 fully saturated rings. The predicted molar refractivity (Wildman–Crippen MR) is 63.3 cm³/mol. The van der Waals surface area contributed by atoms with Crippen LogP contribution in [0.4, 0.5) is 5.69 Å². The predicted octanol–water partition coefficient (Wildman–Crippen LogP) is 2.62. The van der Waals surface area contributed by atoms with Gasteiger partial charge < -0.3 is 15.2 Å². The Morgan fingerprint density at radius 1 is 1.62 bits per heavy atom. The molecule has 1 aromatic carbocycles. The highest BCUT2D eigenvalue weighted by atomic mass is 35.5. The Morgan fingerprint density at radius 3 is 2.75 bits per heavy atom. The van der Waals surface area contributed by atoms with E-state index in [0.29, 0.717) is 22.9 Å². The van der Waals surface area contributed by atoms with Gasteiger partial charge in [-0.05, 0) is 24.6 Å². The van der Waals surface area contributed by atoms with E-state index in [1.165, 1.54) is 7.11 Å². The van der Waals surface area contributed by atoms with Gasteiger partial charge in [0.15, 0.2) is 0 Å². The summed E-state index contributed by atoms with van der Waals surface area (Å²) in [6.45, 7) is 1.80. The van der Waals surface area contributed by atoms with Gasteiger partial charge in [0.05, 0.1) is 12.1 Å². The first-order chi connectivity index (χ1) is 7.58. The smallest absolute Gasteiger partial charge is 0.326 e. The largest absolute Gasteiger partial charge is 0.495 e.